The van der Waals surface area contributed by atoms with E-state index in [1.54, 1.807) is 18.9 Å². The number of benzene rings is 1. The molecule has 0 amide bonds. The van der Waals surface area contributed by atoms with E-state index in [0.717, 1.165) is 36.1 Å². The quantitative estimate of drug-likeness (QED) is 0.845. The van der Waals surface area contributed by atoms with Gasteiger partial charge in [0.25, 0.3) is 0 Å². The van der Waals surface area contributed by atoms with Gasteiger partial charge in [-0.15, -0.1) is 11.8 Å². The lowest BCUT2D eigenvalue weighted by Crippen LogP contribution is -2.44. The Bertz CT molecular complexity index is 619. The highest BCUT2D eigenvalue weighted by atomic mass is 32.2. The average molecular weight is 320 g/mol. The Morgan fingerprint density at radius 3 is 3.23 bits per heavy atom. The maximum absolute atomic E-state index is 5.38. The van der Waals surface area contributed by atoms with Crippen molar-refractivity contribution in [3.05, 3.63) is 36.0 Å². The molecule has 1 saturated heterocycles. The molecule has 0 spiro atoms. The Kier molecular flexibility index (Phi) is 4.97. The van der Waals surface area contributed by atoms with Gasteiger partial charge in [0.1, 0.15) is 5.75 Å². The molecule has 1 aliphatic rings. The lowest BCUT2D eigenvalue weighted by Gasteiger charge is -2.30. The molecule has 1 fully saturated rings. The lowest BCUT2D eigenvalue weighted by molar-refractivity contribution is 0.190. The summed E-state index contributed by atoms with van der Waals surface area (Å²) in [7, 11) is 3.76. The fraction of sp³-hybridized carbons (Fsp3) is 0.467. The predicted octanol–water partition coefficient (Wildman–Crippen LogP) is 1.95. The predicted molar refractivity (Wildman–Crippen MR) is 85.1 cm³/mol. The van der Waals surface area contributed by atoms with Crippen molar-refractivity contribution in [3.63, 3.8) is 0 Å². The highest BCUT2D eigenvalue weighted by molar-refractivity contribution is 7.98. The molecular weight excluding hydrogens is 300 g/mol. The smallest absolute Gasteiger partial charge is 0.237 e. The standard InChI is InChI=1S/C15H20N4O2S/c1-19-7-6-16-9-13(19)15-17-14(21-18-15)10-22-12-5-3-4-11(8-12)20-2/h3-5,8,13,16H,6-7,9-10H2,1-2H3. The number of piperazine rings is 1. The average Bonchev–Trinajstić information content (AvgIpc) is 3.02. The van der Waals surface area contributed by atoms with Gasteiger partial charge in [-0.2, -0.15) is 4.98 Å². The first-order chi connectivity index (χ1) is 10.8. The zero-order chi connectivity index (χ0) is 15.4. The maximum atomic E-state index is 5.38. The number of methoxy groups -OCH3 is 1. The molecule has 118 valence electrons. The topological polar surface area (TPSA) is 63.4 Å². The number of likely N-dealkylation sites (N-methyl/N-ethyl adjacent to an activating group) is 1. The van der Waals surface area contributed by atoms with Crippen LogP contribution >= 0.6 is 11.8 Å². The first-order valence-electron chi connectivity index (χ1n) is 7.26. The van der Waals surface area contributed by atoms with Gasteiger partial charge in [0, 0.05) is 24.5 Å². The molecule has 1 aromatic heterocycles. The normalized spacial score (nSPS) is 19.3. The van der Waals surface area contributed by atoms with Gasteiger partial charge in [-0.25, -0.2) is 0 Å². The first-order valence-corrected chi connectivity index (χ1v) is 8.25. The van der Waals surface area contributed by atoms with Gasteiger partial charge in [0.2, 0.25) is 5.89 Å². The van der Waals surface area contributed by atoms with E-state index in [4.69, 9.17) is 9.26 Å². The first kappa shape index (κ1) is 15.3. The van der Waals surface area contributed by atoms with Gasteiger partial charge in [-0.05, 0) is 25.2 Å². The van der Waals surface area contributed by atoms with Crippen LogP contribution in [-0.4, -0.2) is 48.8 Å². The van der Waals surface area contributed by atoms with Crippen molar-refractivity contribution in [1.29, 1.82) is 0 Å². The van der Waals surface area contributed by atoms with Crippen LogP contribution in [-0.2, 0) is 5.75 Å². The van der Waals surface area contributed by atoms with E-state index in [9.17, 15) is 0 Å². The van der Waals surface area contributed by atoms with E-state index in [2.05, 4.69) is 27.4 Å². The number of hydrogen-bond donors (Lipinski definition) is 1. The maximum Gasteiger partial charge on any atom is 0.237 e. The van der Waals surface area contributed by atoms with Crippen LogP contribution in [0.4, 0.5) is 0 Å². The van der Waals surface area contributed by atoms with Crippen molar-refractivity contribution in [2.75, 3.05) is 33.8 Å². The Balaban J connectivity index is 1.61. The number of nitrogens with one attached hydrogen (secondary N) is 1. The number of ether oxygens (including phenoxy) is 1. The number of hydrogen-bond acceptors (Lipinski definition) is 7. The van der Waals surface area contributed by atoms with Gasteiger partial charge in [0.05, 0.1) is 18.9 Å². The molecule has 6 nitrogen and oxygen atoms in total. The lowest BCUT2D eigenvalue weighted by atomic mass is 10.2. The molecule has 2 heterocycles. The number of rotatable bonds is 5. The minimum absolute atomic E-state index is 0.188. The van der Waals surface area contributed by atoms with Crippen molar-refractivity contribution in [2.24, 2.45) is 0 Å². The summed E-state index contributed by atoms with van der Waals surface area (Å²) < 4.78 is 10.6. The highest BCUT2D eigenvalue weighted by Crippen LogP contribution is 2.26. The summed E-state index contributed by atoms with van der Waals surface area (Å²) in [6.45, 7) is 2.86. The van der Waals surface area contributed by atoms with E-state index in [1.165, 1.54) is 0 Å². The molecule has 1 atom stereocenters. The number of thioether (sulfide) groups is 1. The van der Waals surface area contributed by atoms with Gasteiger partial charge in [-0.1, -0.05) is 11.2 Å². The molecule has 1 aromatic carbocycles. The second-order valence-electron chi connectivity index (χ2n) is 5.21. The Morgan fingerprint density at radius 2 is 2.41 bits per heavy atom. The molecule has 2 aromatic rings. The van der Waals surface area contributed by atoms with Crippen molar-refractivity contribution in [3.8, 4) is 5.75 Å². The molecule has 1 unspecified atom stereocenters. The minimum Gasteiger partial charge on any atom is -0.497 e. The van der Waals surface area contributed by atoms with Crippen LogP contribution in [0, 0.1) is 0 Å². The van der Waals surface area contributed by atoms with Crippen molar-refractivity contribution in [1.82, 2.24) is 20.4 Å². The van der Waals surface area contributed by atoms with E-state index in [0.29, 0.717) is 11.6 Å². The van der Waals surface area contributed by atoms with Crippen LogP contribution in [0.3, 0.4) is 0 Å². The van der Waals surface area contributed by atoms with Crippen LogP contribution in [0.15, 0.2) is 33.7 Å². The third-order valence-electron chi connectivity index (χ3n) is 3.70. The van der Waals surface area contributed by atoms with E-state index >= 15 is 0 Å². The third kappa shape index (κ3) is 3.60. The molecule has 3 rings (SSSR count). The molecule has 0 bridgehead atoms. The van der Waals surface area contributed by atoms with Crippen LogP contribution in [0.1, 0.15) is 17.8 Å². The molecule has 0 radical (unpaired) electrons. The summed E-state index contributed by atoms with van der Waals surface area (Å²) >= 11 is 1.66. The fourth-order valence-electron chi connectivity index (χ4n) is 2.39. The van der Waals surface area contributed by atoms with Crippen LogP contribution < -0.4 is 10.1 Å². The summed E-state index contributed by atoms with van der Waals surface area (Å²) in [6, 6.07) is 8.14. The number of aromatic nitrogens is 2. The summed E-state index contributed by atoms with van der Waals surface area (Å²) in [6.07, 6.45) is 0. The van der Waals surface area contributed by atoms with Gasteiger partial charge in [-0.3, -0.25) is 4.90 Å². The summed E-state index contributed by atoms with van der Waals surface area (Å²) in [5.41, 5.74) is 0. The zero-order valence-corrected chi connectivity index (χ0v) is 13.6. The molecule has 0 saturated carbocycles. The van der Waals surface area contributed by atoms with E-state index in [-0.39, 0.29) is 6.04 Å². The van der Waals surface area contributed by atoms with Crippen LogP contribution in [0.2, 0.25) is 0 Å². The molecular formula is C15H20N4O2S. The Hall–Kier alpha value is -1.57. The summed E-state index contributed by atoms with van der Waals surface area (Å²) in [5.74, 6) is 2.92. The summed E-state index contributed by atoms with van der Waals surface area (Å²) in [4.78, 5) is 7.90. The van der Waals surface area contributed by atoms with Gasteiger partial charge in [0.15, 0.2) is 5.82 Å². The van der Waals surface area contributed by atoms with Gasteiger partial charge >= 0.3 is 0 Å². The van der Waals surface area contributed by atoms with Crippen LogP contribution in [0.5, 0.6) is 5.75 Å². The fourth-order valence-corrected chi connectivity index (χ4v) is 3.17. The zero-order valence-electron chi connectivity index (χ0n) is 12.8. The molecule has 1 N–H and O–H groups in total. The number of nitrogens with zero attached hydrogens (tertiary/aromatic N) is 3. The second kappa shape index (κ2) is 7.13. The Labute approximate surface area is 134 Å². The second-order valence-corrected chi connectivity index (χ2v) is 6.26. The SMILES string of the molecule is COc1cccc(SCc2nc(C3CNCCN3C)no2)c1. The van der Waals surface area contributed by atoms with E-state index < -0.39 is 0 Å². The monoisotopic (exact) mass is 320 g/mol. The third-order valence-corrected chi connectivity index (χ3v) is 4.67. The minimum atomic E-state index is 0.188. The molecule has 7 heteroatoms. The van der Waals surface area contributed by atoms with Crippen molar-refractivity contribution in [2.45, 2.75) is 16.7 Å². The highest BCUT2D eigenvalue weighted by Gasteiger charge is 2.25. The molecule has 0 aliphatic carbocycles. The van der Waals surface area contributed by atoms with Gasteiger partial charge < -0.3 is 14.6 Å². The van der Waals surface area contributed by atoms with E-state index in [1.807, 2.05) is 24.3 Å². The Morgan fingerprint density at radius 1 is 1.50 bits per heavy atom. The van der Waals surface area contributed by atoms with Crippen molar-refractivity contribution < 1.29 is 9.26 Å². The largest absolute Gasteiger partial charge is 0.497 e. The molecule has 22 heavy (non-hydrogen) atoms. The van der Waals surface area contributed by atoms with Crippen LogP contribution in [0.25, 0.3) is 0 Å². The van der Waals surface area contributed by atoms with Crippen molar-refractivity contribution >= 4 is 11.8 Å². The summed E-state index contributed by atoms with van der Waals surface area (Å²) in [5, 5.41) is 7.49. The molecule has 1 aliphatic heterocycles.